The molecule has 0 aliphatic carbocycles. The molecule has 2 aromatic heterocycles. The molecule has 9 heteroatoms. The number of carbonyl (C=O) groups is 1. The Kier molecular flexibility index (Phi) is 6.86. The summed E-state index contributed by atoms with van der Waals surface area (Å²) in [5.74, 6) is 0.944. The molecule has 194 valence electrons. The van der Waals surface area contributed by atoms with Crippen molar-refractivity contribution in [2.75, 3.05) is 6.54 Å². The van der Waals surface area contributed by atoms with Crippen molar-refractivity contribution in [3.8, 4) is 5.69 Å². The number of hydrogen-bond acceptors (Lipinski definition) is 5. The van der Waals surface area contributed by atoms with E-state index in [1.54, 1.807) is 12.1 Å². The highest BCUT2D eigenvalue weighted by atomic mass is 32.2. The van der Waals surface area contributed by atoms with Gasteiger partial charge in [0.1, 0.15) is 11.3 Å². The number of fused-ring (bicyclic) bond motifs is 2. The number of aromatic nitrogens is 3. The first-order valence-electron chi connectivity index (χ1n) is 12.5. The van der Waals surface area contributed by atoms with Crippen molar-refractivity contribution in [3.05, 3.63) is 95.4 Å². The number of carbonyl (C=O) groups excluding carboxylic acids is 1. The Morgan fingerprint density at radius 3 is 2.39 bits per heavy atom. The first kappa shape index (κ1) is 25.4. The molecule has 0 atom stereocenters. The van der Waals surface area contributed by atoms with E-state index in [-0.39, 0.29) is 11.4 Å². The highest BCUT2D eigenvalue weighted by molar-refractivity contribution is 7.90. The van der Waals surface area contributed by atoms with Crippen molar-refractivity contribution >= 4 is 38.0 Å². The standard InChI is InChI=1S/C29H29N5O3S/c1-4-26-32-27-19(2)17-20(3)31-28(27)34(26)24-12-9-21(10-13-24)15-16-30-29(35)33-38(36,37)25-14-11-22-7-5-6-8-23(22)18-25/h5-14,17-18H,4,15-16H2,1-3H3,(H2,30,33,35). The van der Waals surface area contributed by atoms with Crippen LogP contribution in [0.3, 0.4) is 0 Å². The van der Waals surface area contributed by atoms with Crippen LogP contribution in [0.5, 0.6) is 0 Å². The zero-order chi connectivity index (χ0) is 26.9. The van der Waals surface area contributed by atoms with Crippen LogP contribution in [-0.2, 0) is 22.9 Å². The lowest BCUT2D eigenvalue weighted by atomic mass is 10.1. The van der Waals surface area contributed by atoms with Crippen LogP contribution >= 0.6 is 0 Å². The molecule has 0 saturated heterocycles. The molecule has 2 amide bonds. The molecule has 0 fully saturated rings. The summed E-state index contributed by atoms with van der Waals surface area (Å²) in [6, 6.07) is 21.5. The highest BCUT2D eigenvalue weighted by Crippen LogP contribution is 2.24. The second-order valence-electron chi connectivity index (χ2n) is 9.26. The summed E-state index contributed by atoms with van der Waals surface area (Å²) >= 11 is 0. The Hall–Kier alpha value is -4.24. The summed E-state index contributed by atoms with van der Waals surface area (Å²) < 4.78 is 29.5. The van der Waals surface area contributed by atoms with Gasteiger partial charge in [-0.1, -0.05) is 49.4 Å². The topological polar surface area (TPSA) is 106 Å². The molecule has 2 N–H and O–H groups in total. The average molecular weight is 528 g/mol. The highest BCUT2D eigenvalue weighted by Gasteiger charge is 2.18. The number of imidazole rings is 1. The number of aryl methyl sites for hydroxylation is 3. The molecule has 5 aromatic rings. The maximum Gasteiger partial charge on any atom is 0.328 e. The molecule has 0 bridgehead atoms. The van der Waals surface area contributed by atoms with Crippen LogP contribution in [0.1, 0.15) is 29.6 Å². The van der Waals surface area contributed by atoms with E-state index in [1.165, 1.54) is 6.07 Å². The van der Waals surface area contributed by atoms with E-state index in [0.717, 1.165) is 56.7 Å². The van der Waals surface area contributed by atoms with Crippen molar-refractivity contribution in [2.24, 2.45) is 0 Å². The van der Waals surface area contributed by atoms with E-state index in [1.807, 2.05) is 68.4 Å². The fourth-order valence-corrected chi connectivity index (χ4v) is 5.56. The average Bonchev–Trinajstić information content (AvgIpc) is 3.27. The number of rotatable bonds is 7. The van der Waals surface area contributed by atoms with Crippen molar-refractivity contribution in [3.63, 3.8) is 0 Å². The predicted molar refractivity (Wildman–Crippen MR) is 149 cm³/mol. The number of urea groups is 1. The number of amides is 2. The molecule has 8 nitrogen and oxygen atoms in total. The van der Waals surface area contributed by atoms with Crippen LogP contribution in [0.4, 0.5) is 4.79 Å². The van der Waals surface area contributed by atoms with Gasteiger partial charge in [0.15, 0.2) is 5.65 Å². The van der Waals surface area contributed by atoms with Crippen LogP contribution < -0.4 is 10.0 Å². The SMILES string of the molecule is CCc1nc2c(C)cc(C)nc2n1-c1ccc(CCNC(=O)NS(=O)(=O)c2ccc3ccccc3c2)cc1. The van der Waals surface area contributed by atoms with Crippen molar-refractivity contribution < 1.29 is 13.2 Å². The van der Waals surface area contributed by atoms with Gasteiger partial charge in [-0.2, -0.15) is 0 Å². The van der Waals surface area contributed by atoms with Gasteiger partial charge in [0, 0.05) is 24.3 Å². The fraction of sp³-hybridized carbons (Fsp3) is 0.207. The Bertz CT molecular complexity index is 1760. The van der Waals surface area contributed by atoms with Crippen molar-refractivity contribution in [1.82, 2.24) is 24.6 Å². The zero-order valence-corrected chi connectivity index (χ0v) is 22.3. The number of benzene rings is 3. The maximum absolute atomic E-state index is 12.7. The van der Waals surface area contributed by atoms with Gasteiger partial charge in [0.05, 0.1) is 4.90 Å². The molecule has 0 saturated carbocycles. The zero-order valence-electron chi connectivity index (χ0n) is 21.5. The third-order valence-electron chi connectivity index (χ3n) is 6.47. The molecular formula is C29H29N5O3S. The van der Waals surface area contributed by atoms with E-state index in [4.69, 9.17) is 9.97 Å². The first-order valence-corrected chi connectivity index (χ1v) is 14.0. The fourth-order valence-electron chi connectivity index (χ4n) is 4.60. The van der Waals surface area contributed by atoms with Gasteiger partial charge in [-0.15, -0.1) is 0 Å². The van der Waals surface area contributed by atoms with Gasteiger partial charge in [-0.05, 0) is 72.5 Å². The van der Waals surface area contributed by atoms with Crippen LogP contribution in [0, 0.1) is 13.8 Å². The lowest BCUT2D eigenvalue weighted by molar-refractivity contribution is 0.246. The second-order valence-corrected chi connectivity index (χ2v) is 10.9. The number of pyridine rings is 1. The van der Waals surface area contributed by atoms with Crippen LogP contribution in [0.15, 0.2) is 77.7 Å². The number of nitrogens with one attached hydrogen (secondary N) is 2. The number of hydrogen-bond donors (Lipinski definition) is 2. The molecule has 5 rings (SSSR count). The van der Waals surface area contributed by atoms with Crippen molar-refractivity contribution in [1.29, 1.82) is 0 Å². The Morgan fingerprint density at radius 1 is 0.921 bits per heavy atom. The van der Waals surface area contributed by atoms with Gasteiger partial charge < -0.3 is 5.32 Å². The smallest absolute Gasteiger partial charge is 0.328 e. The summed E-state index contributed by atoms with van der Waals surface area (Å²) in [4.78, 5) is 21.9. The minimum atomic E-state index is -3.98. The van der Waals surface area contributed by atoms with E-state index < -0.39 is 16.1 Å². The molecule has 0 spiro atoms. The molecule has 38 heavy (non-hydrogen) atoms. The summed E-state index contributed by atoms with van der Waals surface area (Å²) in [5.41, 5.74) is 5.78. The normalized spacial score (nSPS) is 11.7. The number of nitrogens with zero attached hydrogens (tertiary/aromatic N) is 3. The maximum atomic E-state index is 12.7. The van der Waals surface area contributed by atoms with Crippen molar-refractivity contribution in [2.45, 2.75) is 38.5 Å². The summed E-state index contributed by atoms with van der Waals surface area (Å²) in [7, 11) is -3.98. The number of sulfonamides is 1. The van der Waals surface area contributed by atoms with Gasteiger partial charge in [0.25, 0.3) is 10.0 Å². The van der Waals surface area contributed by atoms with E-state index in [9.17, 15) is 13.2 Å². The summed E-state index contributed by atoms with van der Waals surface area (Å²) in [6.07, 6.45) is 1.32. The Balaban J connectivity index is 1.23. The summed E-state index contributed by atoms with van der Waals surface area (Å²) in [5, 5.41) is 4.35. The molecule has 3 aromatic carbocycles. The largest absolute Gasteiger partial charge is 0.337 e. The van der Waals surface area contributed by atoms with Gasteiger partial charge in [0.2, 0.25) is 0 Å². The molecule has 0 aliphatic heterocycles. The minimum absolute atomic E-state index is 0.0419. The van der Waals surface area contributed by atoms with Gasteiger partial charge in [-0.25, -0.2) is 27.9 Å². The molecule has 0 aliphatic rings. The second kappa shape index (κ2) is 10.3. The molecule has 0 radical (unpaired) electrons. The van der Waals surface area contributed by atoms with Gasteiger partial charge in [-0.3, -0.25) is 4.57 Å². The van der Waals surface area contributed by atoms with Crippen LogP contribution in [0.2, 0.25) is 0 Å². The van der Waals surface area contributed by atoms with E-state index >= 15 is 0 Å². The van der Waals surface area contributed by atoms with E-state index in [0.29, 0.717) is 6.42 Å². The lowest BCUT2D eigenvalue weighted by Gasteiger charge is -2.11. The lowest BCUT2D eigenvalue weighted by Crippen LogP contribution is -2.40. The Labute approximate surface area is 221 Å². The summed E-state index contributed by atoms with van der Waals surface area (Å²) in [6.45, 7) is 6.39. The molecule has 0 unspecified atom stereocenters. The van der Waals surface area contributed by atoms with Gasteiger partial charge >= 0.3 is 6.03 Å². The monoisotopic (exact) mass is 527 g/mol. The minimum Gasteiger partial charge on any atom is -0.337 e. The molecule has 2 heterocycles. The first-order chi connectivity index (χ1) is 18.2. The third kappa shape index (κ3) is 5.10. The third-order valence-corrected chi connectivity index (χ3v) is 7.80. The Morgan fingerprint density at radius 2 is 1.66 bits per heavy atom. The molecular weight excluding hydrogens is 498 g/mol. The predicted octanol–water partition coefficient (Wildman–Crippen LogP) is 4.98. The van der Waals surface area contributed by atoms with Crippen LogP contribution in [-0.4, -0.2) is 35.5 Å². The quantitative estimate of drug-likeness (QED) is 0.310. The van der Waals surface area contributed by atoms with Crippen LogP contribution in [0.25, 0.3) is 27.6 Å². The van der Waals surface area contributed by atoms with E-state index in [2.05, 4.69) is 21.5 Å².